The first kappa shape index (κ1) is 15.6. The molecule has 3 heterocycles. The van der Waals surface area contributed by atoms with Crippen molar-refractivity contribution < 1.29 is 9.90 Å². The third kappa shape index (κ3) is 3.18. The fourth-order valence-electron chi connectivity index (χ4n) is 3.14. The molecule has 0 spiro atoms. The third-order valence-corrected chi connectivity index (χ3v) is 4.38. The van der Waals surface area contributed by atoms with Gasteiger partial charge in [0.25, 0.3) is 5.91 Å². The number of carbonyl (C=O) groups excluding carboxylic acids is 1. The summed E-state index contributed by atoms with van der Waals surface area (Å²) in [6.07, 6.45) is 3.64. The van der Waals surface area contributed by atoms with E-state index < -0.39 is 0 Å². The highest BCUT2D eigenvalue weighted by molar-refractivity contribution is 5.94. The number of aliphatic hydroxyl groups is 1. The molecule has 0 saturated carbocycles. The number of aliphatic hydroxyl groups excluding tert-OH is 1. The number of fused-ring (bicyclic) bond motifs is 1. The first-order valence-corrected chi connectivity index (χ1v) is 8.25. The van der Waals surface area contributed by atoms with Gasteiger partial charge in [-0.3, -0.25) is 14.2 Å². The van der Waals surface area contributed by atoms with Gasteiger partial charge in [-0.2, -0.15) is 10.2 Å². The van der Waals surface area contributed by atoms with Gasteiger partial charge >= 0.3 is 0 Å². The van der Waals surface area contributed by atoms with Crippen LogP contribution in [0, 0.1) is 0 Å². The summed E-state index contributed by atoms with van der Waals surface area (Å²) in [6, 6.07) is 11.4. The molecule has 0 saturated heterocycles. The van der Waals surface area contributed by atoms with Crippen molar-refractivity contribution in [3.8, 4) is 0 Å². The van der Waals surface area contributed by atoms with E-state index in [-0.39, 0.29) is 12.5 Å². The summed E-state index contributed by atoms with van der Waals surface area (Å²) in [4.78, 5) is 14.7. The number of nitrogens with zero attached hydrogens (tertiary/aromatic N) is 5. The number of aromatic nitrogens is 4. The second kappa shape index (κ2) is 6.52. The Morgan fingerprint density at radius 2 is 2.12 bits per heavy atom. The van der Waals surface area contributed by atoms with Gasteiger partial charge < -0.3 is 10.0 Å². The van der Waals surface area contributed by atoms with E-state index >= 15 is 0 Å². The SMILES string of the molecule is O=C(c1cccc(Cn2cccn2)c1)N1CCn2nc(CO)cc2C1. The van der Waals surface area contributed by atoms with Crippen molar-refractivity contribution in [2.45, 2.75) is 26.2 Å². The lowest BCUT2D eigenvalue weighted by atomic mass is 10.1. The molecular formula is C18H19N5O2. The summed E-state index contributed by atoms with van der Waals surface area (Å²) in [7, 11) is 0. The lowest BCUT2D eigenvalue weighted by molar-refractivity contribution is 0.0706. The molecule has 0 unspecified atom stereocenters. The Hall–Kier alpha value is -2.93. The molecule has 1 N–H and O–H groups in total. The molecule has 3 aromatic rings. The Bertz CT molecular complexity index is 885. The molecule has 0 bridgehead atoms. The molecule has 0 atom stereocenters. The highest BCUT2D eigenvalue weighted by atomic mass is 16.3. The number of hydrogen-bond donors (Lipinski definition) is 1. The molecular weight excluding hydrogens is 318 g/mol. The standard InChI is InChI=1S/C18H19N5O2/c24-13-16-10-17-12-21(7-8-23(17)20-16)18(25)15-4-1-3-14(9-15)11-22-6-2-5-19-22/h1-6,9-10,24H,7-8,11-13H2. The van der Waals surface area contributed by atoms with Gasteiger partial charge in [-0.05, 0) is 29.8 Å². The number of hydrogen-bond acceptors (Lipinski definition) is 4. The van der Waals surface area contributed by atoms with Crippen molar-refractivity contribution in [3.63, 3.8) is 0 Å². The maximum atomic E-state index is 12.9. The average molecular weight is 337 g/mol. The Morgan fingerprint density at radius 3 is 2.92 bits per heavy atom. The van der Waals surface area contributed by atoms with Crippen LogP contribution < -0.4 is 0 Å². The van der Waals surface area contributed by atoms with Crippen LogP contribution in [-0.4, -0.2) is 42.0 Å². The van der Waals surface area contributed by atoms with Crippen LogP contribution in [0.2, 0.25) is 0 Å². The summed E-state index contributed by atoms with van der Waals surface area (Å²) in [5, 5.41) is 17.7. The fraction of sp³-hybridized carbons (Fsp3) is 0.278. The van der Waals surface area contributed by atoms with E-state index in [4.69, 9.17) is 0 Å². The van der Waals surface area contributed by atoms with Crippen LogP contribution in [-0.2, 0) is 26.2 Å². The average Bonchev–Trinajstić information content (AvgIpc) is 3.29. The summed E-state index contributed by atoms with van der Waals surface area (Å²) in [5.41, 5.74) is 3.32. The van der Waals surface area contributed by atoms with Gasteiger partial charge in [-0.15, -0.1) is 0 Å². The lowest BCUT2D eigenvalue weighted by Gasteiger charge is -2.27. The number of benzene rings is 1. The van der Waals surface area contributed by atoms with Gasteiger partial charge in [0.15, 0.2) is 0 Å². The smallest absolute Gasteiger partial charge is 0.254 e. The maximum absolute atomic E-state index is 12.9. The fourth-order valence-corrected chi connectivity index (χ4v) is 3.14. The van der Waals surface area contributed by atoms with Crippen molar-refractivity contribution in [1.29, 1.82) is 0 Å². The highest BCUT2D eigenvalue weighted by Gasteiger charge is 2.23. The molecule has 0 radical (unpaired) electrons. The van der Waals surface area contributed by atoms with E-state index in [2.05, 4.69) is 10.2 Å². The minimum Gasteiger partial charge on any atom is -0.390 e. The molecule has 7 nitrogen and oxygen atoms in total. The van der Waals surface area contributed by atoms with Crippen LogP contribution >= 0.6 is 0 Å². The Morgan fingerprint density at radius 1 is 1.20 bits per heavy atom. The molecule has 25 heavy (non-hydrogen) atoms. The van der Waals surface area contributed by atoms with E-state index in [1.54, 1.807) is 6.20 Å². The zero-order valence-corrected chi connectivity index (χ0v) is 13.7. The monoisotopic (exact) mass is 337 g/mol. The van der Waals surface area contributed by atoms with Gasteiger partial charge in [-0.1, -0.05) is 12.1 Å². The Balaban J connectivity index is 1.51. The zero-order chi connectivity index (χ0) is 17.2. The summed E-state index contributed by atoms with van der Waals surface area (Å²) >= 11 is 0. The van der Waals surface area contributed by atoms with Crippen molar-refractivity contribution in [1.82, 2.24) is 24.5 Å². The van der Waals surface area contributed by atoms with Gasteiger partial charge in [0.2, 0.25) is 0 Å². The molecule has 2 aromatic heterocycles. The Kier molecular flexibility index (Phi) is 4.07. The minimum absolute atomic E-state index is 0.0142. The minimum atomic E-state index is -0.0799. The van der Waals surface area contributed by atoms with Crippen molar-refractivity contribution in [3.05, 3.63) is 71.3 Å². The first-order valence-electron chi connectivity index (χ1n) is 8.25. The molecule has 1 aliphatic heterocycles. The predicted octanol–water partition coefficient (Wildman–Crippen LogP) is 1.28. The number of amides is 1. The van der Waals surface area contributed by atoms with Gasteiger partial charge in [-0.25, -0.2) is 0 Å². The third-order valence-electron chi connectivity index (χ3n) is 4.38. The van der Waals surface area contributed by atoms with Crippen LogP contribution in [0.15, 0.2) is 48.8 Å². The van der Waals surface area contributed by atoms with Crippen molar-refractivity contribution >= 4 is 5.91 Å². The van der Waals surface area contributed by atoms with Gasteiger partial charge in [0.1, 0.15) is 0 Å². The molecule has 7 heteroatoms. The normalized spacial score (nSPS) is 13.7. The summed E-state index contributed by atoms with van der Waals surface area (Å²) in [6.45, 7) is 2.33. The van der Waals surface area contributed by atoms with Crippen LogP contribution in [0.1, 0.15) is 27.3 Å². The second-order valence-corrected chi connectivity index (χ2v) is 6.14. The zero-order valence-electron chi connectivity index (χ0n) is 13.7. The van der Waals surface area contributed by atoms with Crippen LogP contribution in [0.3, 0.4) is 0 Å². The second-order valence-electron chi connectivity index (χ2n) is 6.14. The van der Waals surface area contributed by atoms with Crippen LogP contribution in [0.25, 0.3) is 0 Å². The van der Waals surface area contributed by atoms with E-state index in [9.17, 15) is 9.90 Å². The van der Waals surface area contributed by atoms with E-state index in [1.807, 2.05) is 56.9 Å². The molecule has 4 rings (SSSR count). The van der Waals surface area contributed by atoms with Gasteiger partial charge in [0, 0.05) is 24.5 Å². The van der Waals surface area contributed by atoms with Crippen molar-refractivity contribution in [2.75, 3.05) is 6.54 Å². The largest absolute Gasteiger partial charge is 0.390 e. The van der Waals surface area contributed by atoms with Crippen LogP contribution in [0.5, 0.6) is 0 Å². The summed E-state index contributed by atoms with van der Waals surface area (Å²) < 4.78 is 3.70. The number of carbonyl (C=O) groups is 1. The number of rotatable bonds is 4. The molecule has 1 aromatic carbocycles. The molecule has 1 aliphatic rings. The molecule has 0 fully saturated rings. The predicted molar refractivity (Wildman–Crippen MR) is 90.7 cm³/mol. The lowest BCUT2D eigenvalue weighted by Crippen LogP contribution is -2.38. The molecule has 128 valence electrons. The topological polar surface area (TPSA) is 76.2 Å². The summed E-state index contributed by atoms with van der Waals surface area (Å²) in [5.74, 6) is 0.0142. The van der Waals surface area contributed by atoms with Gasteiger partial charge in [0.05, 0.1) is 37.6 Å². The van der Waals surface area contributed by atoms with E-state index in [0.717, 1.165) is 11.3 Å². The van der Waals surface area contributed by atoms with Crippen LogP contribution in [0.4, 0.5) is 0 Å². The van der Waals surface area contributed by atoms with E-state index in [1.165, 1.54) is 0 Å². The molecule has 1 amide bonds. The molecule has 0 aliphatic carbocycles. The Labute approximate surface area is 145 Å². The van der Waals surface area contributed by atoms with E-state index in [0.29, 0.717) is 37.4 Å². The van der Waals surface area contributed by atoms with Crippen molar-refractivity contribution in [2.24, 2.45) is 0 Å². The first-order chi connectivity index (χ1) is 12.2. The maximum Gasteiger partial charge on any atom is 0.254 e. The highest BCUT2D eigenvalue weighted by Crippen LogP contribution is 2.17. The quantitative estimate of drug-likeness (QED) is 0.778.